The van der Waals surface area contributed by atoms with Crippen LogP contribution < -0.4 is 9.64 Å². The van der Waals surface area contributed by atoms with Gasteiger partial charge in [-0.25, -0.2) is 4.79 Å². The van der Waals surface area contributed by atoms with E-state index in [2.05, 4.69) is 4.90 Å². The zero-order valence-electron chi connectivity index (χ0n) is 17.7. The standard InChI is InChI=1S/C23H33N3O3/c1-17-7-8-21-20(15-17)26(16-18(2)29-21)23(28)25-13-9-19(10-14-25)22(27)24-11-5-3-4-6-12-24/h7-8,15,18-19H,3-6,9-14,16H2,1-2H3. The molecular formula is C23H33N3O3. The minimum atomic E-state index is -0.0312. The van der Waals surface area contributed by atoms with Gasteiger partial charge in [-0.05, 0) is 57.2 Å². The number of hydrogen-bond donors (Lipinski definition) is 0. The molecule has 3 aliphatic heterocycles. The van der Waals surface area contributed by atoms with E-state index in [-0.39, 0.29) is 18.1 Å². The second-order valence-corrected chi connectivity index (χ2v) is 8.79. The van der Waals surface area contributed by atoms with Gasteiger partial charge >= 0.3 is 6.03 Å². The van der Waals surface area contributed by atoms with Gasteiger partial charge in [0, 0.05) is 32.1 Å². The number of ether oxygens (including phenoxy) is 1. The molecule has 29 heavy (non-hydrogen) atoms. The number of rotatable bonds is 1. The molecule has 3 amide bonds. The molecule has 6 heteroatoms. The highest BCUT2D eigenvalue weighted by molar-refractivity contribution is 5.94. The summed E-state index contributed by atoms with van der Waals surface area (Å²) in [6.45, 7) is 7.68. The lowest BCUT2D eigenvalue weighted by Crippen LogP contribution is -2.52. The smallest absolute Gasteiger partial charge is 0.324 e. The molecule has 0 saturated carbocycles. The number of hydrogen-bond acceptors (Lipinski definition) is 3. The predicted molar refractivity (Wildman–Crippen MR) is 113 cm³/mol. The first kappa shape index (κ1) is 20.0. The molecule has 2 fully saturated rings. The summed E-state index contributed by atoms with van der Waals surface area (Å²) in [7, 11) is 0. The number of aryl methyl sites for hydroxylation is 1. The molecule has 0 N–H and O–H groups in total. The van der Waals surface area contributed by atoms with Gasteiger partial charge in [0.05, 0.1) is 12.2 Å². The predicted octanol–water partition coefficient (Wildman–Crippen LogP) is 3.82. The number of carbonyl (C=O) groups excluding carboxylic acids is 2. The van der Waals surface area contributed by atoms with Crippen LogP contribution in [0.1, 0.15) is 51.0 Å². The van der Waals surface area contributed by atoms with Crippen LogP contribution in [0.5, 0.6) is 5.75 Å². The van der Waals surface area contributed by atoms with E-state index >= 15 is 0 Å². The number of nitrogens with zero attached hydrogens (tertiary/aromatic N) is 3. The number of benzene rings is 1. The van der Waals surface area contributed by atoms with Crippen LogP contribution in [0, 0.1) is 12.8 Å². The topological polar surface area (TPSA) is 53.1 Å². The largest absolute Gasteiger partial charge is 0.487 e. The molecule has 1 unspecified atom stereocenters. The number of carbonyl (C=O) groups is 2. The van der Waals surface area contributed by atoms with Crippen molar-refractivity contribution in [3.05, 3.63) is 23.8 Å². The van der Waals surface area contributed by atoms with Crippen LogP contribution in [0.3, 0.4) is 0 Å². The summed E-state index contributed by atoms with van der Waals surface area (Å²) >= 11 is 0. The summed E-state index contributed by atoms with van der Waals surface area (Å²) in [5.74, 6) is 1.14. The van der Waals surface area contributed by atoms with E-state index in [1.54, 1.807) is 0 Å². The van der Waals surface area contributed by atoms with Gasteiger partial charge in [-0.15, -0.1) is 0 Å². The van der Waals surface area contributed by atoms with Crippen LogP contribution in [0.4, 0.5) is 10.5 Å². The molecule has 1 aromatic carbocycles. The normalized spacial score (nSPS) is 23.2. The fourth-order valence-corrected chi connectivity index (χ4v) is 4.77. The van der Waals surface area contributed by atoms with E-state index in [9.17, 15) is 9.59 Å². The average Bonchev–Trinajstić information content (AvgIpc) is 3.02. The third kappa shape index (κ3) is 4.36. The van der Waals surface area contributed by atoms with Crippen molar-refractivity contribution in [2.24, 2.45) is 5.92 Å². The summed E-state index contributed by atoms with van der Waals surface area (Å²) < 4.78 is 5.92. The van der Waals surface area contributed by atoms with Gasteiger partial charge in [-0.2, -0.15) is 0 Å². The Morgan fingerprint density at radius 3 is 2.34 bits per heavy atom. The first-order chi connectivity index (χ1) is 14.0. The van der Waals surface area contributed by atoms with Gasteiger partial charge in [0.25, 0.3) is 0 Å². The average molecular weight is 400 g/mol. The quantitative estimate of drug-likeness (QED) is 0.721. The molecule has 0 aliphatic carbocycles. The molecule has 6 nitrogen and oxygen atoms in total. The number of piperidine rings is 1. The summed E-state index contributed by atoms with van der Waals surface area (Å²) in [6.07, 6.45) is 6.21. The lowest BCUT2D eigenvalue weighted by molar-refractivity contribution is -0.136. The Hall–Kier alpha value is -2.24. The fourth-order valence-electron chi connectivity index (χ4n) is 4.77. The van der Waals surface area contributed by atoms with E-state index in [0.29, 0.717) is 25.5 Å². The van der Waals surface area contributed by atoms with Gasteiger partial charge < -0.3 is 14.5 Å². The van der Waals surface area contributed by atoms with Crippen LogP contribution in [-0.4, -0.2) is 60.6 Å². The summed E-state index contributed by atoms with van der Waals surface area (Å²) in [5, 5.41) is 0. The van der Waals surface area contributed by atoms with Crippen LogP contribution >= 0.6 is 0 Å². The third-order valence-electron chi connectivity index (χ3n) is 6.44. The van der Waals surface area contributed by atoms with Gasteiger partial charge in [-0.1, -0.05) is 18.9 Å². The minimum Gasteiger partial charge on any atom is -0.487 e. The molecule has 0 bridgehead atoms. The fraction of sp³-hybridized carbons (Fsp3) is 0.652. The summed E-state index contributed by atoms with van der Waals surface area (Å²) in [5.41, 5.74) is 1.97. The minimum absolute atomic E-state index is 0.0312. The zero-order valence-corrected chi connectivity index (χ0v) is 17.7. The highest BCUT2D eigenvalue weighted by Crippen LogP contribution is 2.35. The Morgan fingerprint density at radius 1 is 0.966 bits per heavy atom. The molecule has 0 aromatic heterocycles. The van der Waals surface area contributed by atoms with Crippen molar-refractivity contribution in [1.29, 1.82) is 0 Å². The van der Waals surface area contributed by atoms with Crippen molar-refractivity contribution in [1.82, 2.24) is 9.80 Å². The summed E-state index contributed by atoms with van der Waals surface area (Å²) in [6, 6.07) is 6.02. The maximum atomic E-state index is 13.3. The number of amides is 3. The second kappa shape index (κ2) is 8.64. The van der Waals surface area contributed by atoms with Crippen molar-refractivity contribution in [2.75, 3.05) is 37.6 Å². The summed E-state index contributed by atoms with van der Waals surface area (Å²) in [4.78, 5) is 32.1. The number of likely N-dealkylation sites (tertiary alicyclic amines) is 2. The lowest BCUT2D eigenvalue weighted by atomic mass is 9.95. The van der Waals surface area contributed by atoms with E-state index < -0.39 is 0 Å². The monoisotopic (exact) mass is 399 g/mol. The molecule has 1 atom stereocenters. The van der Waals surface area contributed by atoms with Crippen LogP contribution in [0.15, 0.2) is 18.2 Å². The van der Waals surface area contributed by atoms with Gasteiger partial charge in [0.15, 0.2) is 0 Å². The Morgan fingerprint density at radius 2 is 1.66 bits per heavy atom. The first-order valence-corrected chi connectivity index (χ1v) is 11.2. The van der Waals surface area contributed by atoms with Gasteiger partial charge in [-0.3, -0.25) is 9.69 Å². The lowest BCUT2D eigenvalue weighted by Gasteiger charge is -2.39. The van der Waals surface area contributed by atoms with E-state index in [0.717, 1.165) is 55.8 Å². The first-order valence-electron chi connectivity index (χ1n) is 11.2. The molecule has 0 radical (unpaired) electrons. The van der Waals surface area contributed by atoms with Crippen molar-refractivity contribution in [3.63, 3.8) is 0 Å². The third-order valence-corrected chi connectivity index (χ3v) is 6.44. The molecule has 0 spiro atoms. The van der Waals surface area contributed by atoms with E-state index in [1.807, 2.05) is 41.8 Å². The molecular weight excluding hydrogens is 366 g/mol. The second-order valence-electron chi connectivity index (χ2n) is 8.79. The maximum Gasteiger partial charge on any atom is 0.324 e. The Kier molecular flexibility index (Phi) is 5.97. The van der Waals surface area contributed by atoms with Crippen LogP contribution in [0.2, 0.25) is 0 Å². The molecule has 2 saturated heterocycles. The number of urea groups is 1. The van der Waals surface area contributed by atoms with Gasteiger partial charge in [0.1, 0.15) is 11.9 Å². The van der Waals surface area contributed by atoms with Crippen molar-refractivity contribution >= 4 is 17.6 Å². The number of fused-ring (bicyclic) bond motifs is 1. The molecule has 1 aromatic rings. The highest BCUT2D eigenvalue weighted by atomic mass is 16.5. The van der Waals surface area contributed by atoms with Gasteiger partial charge in [0.2, 0.25) is 5.91 Å². The van der Waals surface area contributed by atoms with Crippen molar-refractivity contribution in [3.8, 4) is 5.75 Å². The Labute approximate surface area is 173 Å². The van der Waals surface area contributed by atoms with Crippen LogP contribution in [0.25, 0.3) is 0 Å². The molecule has 4 rings (SSSR count). The molecule has 158 valence electrons. The highest BCUT2D eigenvalue weighted by Gasteiger charge is 2.35. The maximum absolute atomic E-state index is 13.3. The molecule has 3 heterocycles. The SMILES string of the molecule is Cc1ccc2c(c1)N(C(=O)N1CCC(C(=O)N3CCCCCC3)CC1)CC(C)O2. The number of anilines is 1. The van der Waals surface area contributed by atoms with E-state index in [1.165, 1.54) is 12.8 Å². The van der Waals surface area contributed by atoms with Crippen molar-refractivity contribution < 1.29 is 14.3 Å². The Balaban J connectivity index is 1.39. The molecule has 3 aliphatic rings. The van der Waals surface area contributed by atoms with Crippen LogP contribution in [-0.2, 0) is 4.79 Å². The van der Waals surface area contributed by atoms with E-state index in [4.69, 9.17) is 4.74 Å². The Bertz CT molecular complexity index is 750. The van der Waals surface area contributed by atoms with Crippen molar-refractivity contribution in [2.45, 2.75) is 58.5 Å². The zero-order chi connectivity index (χ0) is 20.4.